The molecule has 0 radical (unpaired) electrons. The highest BCUT2D eigenvalue weighted by atomic mass is 19.1. The zero-order valence-corrected chi connectivity index (χ0v) is 15.0. The lowest BCUT2D eigenvalue weighted by Crippen LogP contribution is -2.24. The number of amides is 1. The Morgan fingerprint density at radius 1 is 1.15 bits per heavy atom. The summed E-state index contributed by atoms with van der Waals surface area (Å²) in [6.45, 7) is 4.71. The Kier molecular flexibility index (Phi) is 5.46. The first-order valence-corrected chi connectivity index (χ1v) is 8.70. The van der Waals surface area contributed by atoms with E-state index in [1.807, 2.05) is 41.9 Å². The SMILES string of the molecule is CCc1c(C(=O)NCc2ccc(F)c(C)c2)cnn1Cc1ccccc1. The molecule has 0 saturated carbocycles. The second-order valence-corrected chi connectivity index (χ2v) is 6.27. The summed E-state index contributed by atoms with van der Waals surface area (Å²) in [6.07, 6.45) is 2.33. The summed E-state index contributed by atoms with van der Waals surface area (Å²) < 4.78 is 15.2. The summed E-state index contributed by atoms with van der Waals surface area (Å²) in [6, 6.07) is 14.9. The lowest BCUT2D eigenvalue weighted by atomic mass is 10.1. The van der Waals surface area contributed by atoms with E-state index in [-0.39, 0.29) is 11.7 Å². The highest BCUT2D eigenvalue weighted by Gasteiger charge is 2.16. The van der Waals surface area contributed by atoms with E-state index in [0.717, 1.165) is 16.8 Å². The van der Waals surface area contributed by atoms with Crippen LogP contribution < -0.4 is 5.32 Å². The van der Waals surface area contributed by atoms with Crippen molar-refractivity contribution in [2.75, 3.05) is 0 Å². The predicted octanol–water partition coefficient (Wildman–Crippen LogP) is 3.87. The number of rotatable bonds is 6. The van der Waals surface area contributed by atoms with Crippen LogP contribution in [0.15, 0.2) is 54.7 Å². The third kappa shape index (κ3) is 3.99. The molecule has 0 atom stereocenters. The van der Waals surface area contributed by atoms with Crippen LogP contribution in [0.5, 0.6) is 0 Å². The molecule has 5 heteroatoms. The van der Waals surface area contributed by atoms with Gasteiger partial charge in [0.25, 0.3) is 5.91 Å². The molecule has 0 spiro atoms. The summed E-state index contributed by atoms with van der Waals surface area (Å²) in [5.41, 5.74) is 4.07. The lowest BCUT2D eigenvalue weighted by molar-refractivity contribution is 0.0950. The molecule has 0 saturated heterocycles. The summed E-state index contributed by atoms with van der Waals surface area (Å²) >= 11 is 0. The minimum atomic E-state index is -0.240. The number of aromatic nitrogens is 2. The van der Waals surface area contributed by atoms with E-state index in [9.17, 15) is 9.18 Å². The van der Waals surface area contributed by atoms with Crippen LogP contribution in [0.3, 0.4) is 0 Å². The van der Waals surface area contributed by atoms with E-state index in [0.29, 0.717) is 30.6 Å². The number of carbonyl (C=O) groups is 1. The average Bonchev–Trinajstić information content (AvgIpc) is 3.06. The number of nitrogens with one attached hydrogen (secondary N) is 1. The largest absolute Gasteiger partial charge is 0.348 e. The Labute approximate surface area is 152 Å². The van der Waals surface area contributed by atoms with Crippen molar-refractivity contribution < 1.29 is 9.18 Å². The van der Waals surface area contributed by atoms with Gasteiger partial charge in [0.1, 0.15) is 5.82 Å². The van der Waals surface area contributed by atoms with Crippen molar-refractivity contribution in [2.24, 2.45) is 0 Å². The first-order valence-electron chi connectivity index (χ1n) is 8.70. The second kappa shape index (κ2) is 7.95. The van der Waals surface area contributed by atoms with Crippen LogP contribution in [0.4, 0.5) is 4.39 Å². The molecule has 0 bridgehead atoms. The number of nitrogens with zero attached hydrogens (tertiary/aromatic N) is 2. The number of aryl methyl sites for hydroxylation is 1. The minimum absolute atomic E-state index is 0.164. The van der Waals surface area contributed by atoms with Crippen molar-refractivity contribution >= 4 is 5.91 Å². The average molecular weight is 351 g/mol. The Bertz CT molecular complexity index is 903. The lowest BCUT2D eigenvalue weighted by Gasteiger charge is -2.09. The Morgan fingerprint density at radius 3 is 2.62 bits per heavy atom. The monoisotopic (exact) mass is 351 g/mol. The molecule has 1 amide bonds. The number of benzene rings is 2. The first-order chi connectivity index (χ1) is 12.6. The first kappa shape index (κ1) is 17.9. The van der Waals surface area contributed by atoms with Gasteiger partial charge in [-0.2, -0.15) is 5.10 Å². The topological polar surface area (TPSA) is 46.9 Å². The van der Waals surface area contributed by atoms with Crippen molar-refractivity contribution in [1.82, 2.24) is 15.1 Å². The van der Waals surface area contributed by atoms with E-state index < -0.39 is 0 Å². The van der Waals surface area contributed by atoms with Gasteiger partial charge in [-0.15, -0.1) is 0 Å². The van der Waals surface area contributed by atoms with Crippen molar-refractivity contribution in [3.8, 4) is 0 Å². The highest BCUT2D eigenvalue weighted by Crippen LogP contribution is 2.13. The van der Waals surface area contributed by atoms with Crippen molar-refractivity contribution in [3.05, 3.63) is 88.5 Å². The molecule has 134 valence electrons. The Hall–Kier alpha value is -2.95. The smallest absolute Gasteiger partial charge is 0.255 e. The molecule has 3 rings (SSSR count). The van der Waals surface area contributed by atoms with Crippen molar-refractivity contribution in [3.63, 3.8) is 0 Å². The van der Waals surface area contributed by atoms with Gasteiger partial charge in [-0.05, 0) is 36.1 Å². The molecule has 0 fully saturated rings. The molecule has 0 aliphatic carbocycles. The Balaban J connectivity index is 1.72. The summed E-state index contributed by atoms with van der Waals surface area (Å²) in [7, 11) is 0. The Morgan fingerprint density at radius 2 is 1.92 bits per heavy atom. The fourth-order valence-electron chi connectivity index (χ4n) is 2.96. The quantitative estimate of drug-likeness (QED) is 0.733. The molecule has 1 heterocycles. The van der Waals surface area contributed by atoms with E-state index in [1.165, 1.54) is 6.07 Å². The van der Waals surface area contributed by atoms with Crippen LogP contribution in [0, 0.1) is 12.7 Å². The molecular weight excluding hydrogens is 329 g/mol. The molecule has 2 aromatic carbocycles. The minimum Gasteiger partial charge on any atom is -0.348 e. The van der Waals surface area contributed by atoms with Gasteiger partial charge in [0.2, 0.25) is 0 Å². The second-order valence-electron chi connectivity index (χ2n) is 6.27. The van der Waals surface area contributed by atoms with Crippen molar-refractivity contribution in [2.45, 2.75) is 33.4 Å². The van der Waals surface area contributed by atoms with Gasteiger partial charge < -0.3 is 5.32 Å². The number of hydrogen-bond donors (Lipinski definition) is 1. The van der Waals surface area contributed by atoms with Crippen LogP contribution in [0.1, 0.15) is 39.7 Å². The zero-order chi connectivity index (χ0) is 18.5. The summed E-state index contributed by atoms with van der Waals surface area (Å²) in [5.74, 6) is -0.404. The molecule has 1 N–H and O–H groups in total. The third-order valence-corrected chi connectivity index (χ3v) is 4.38. The van der Waals surface area contributed by atoms with E-state index in [1.54, 1.807) is 25.3 Å². The fourth-order valence-corrected chi connectivity index (χ4v) is 2.96. The highest BCUT2D eigenvalue weighted by molar-refractivity contribution is 5.95. The number of carbonyl (C=O) groups excluding carboxylic acids is 1. The molecule has 0 unspecified atom stereocenters. The van der Waals surface area contributed by atoms with E-state index in [2.05, 4.69) is 10.4 Å². The van der Waals surface area contributed by atoms with Gasteiger partial charge in [-0.25, -0.2) is 4.39 Å². The maximum Gasteiger partial charge on any atom is 0.255 e. The zero-order valence-electron chi connectivity index (χ0n) is 15.0. The van der Waals surface area contributed by atoms with Crippen LogP contribution in [0.25, 0.3) is 0 Å². The molecule has 4 nitrogen and oxygen atoms in total. The molecule has 26 heavy (non-hydrogen) atoms. The van der Waals surface area contributed by atoms with Crippen LogP contribution in [-0.4, -0.2) is 15.7 Å². The third-order valence-electron chi connectivity index (χ3n) is 4.38. The van der Waals surface area contributed by atoms with Crippen molar-refractivity contribution in [1.29, 1.82) is 0 Å². The summed E-state index contributed by atoms with van der Waals surface area (Å²) in [5, 5.41) is 7.29. The number of hydrogen-bond acceptors (Lipinski definition) is 2. The maximum atomic E-state index is 13.3. The van der Waals surface area contributed by atoms with Gasteiger partial charge in [0.15, 0.2) is 0 Å². The molecule has 3 aromatic rings. The fraction of sp³-hybridized carbons (Fsp3) is 0.238. The van der Waals surface area contributed by atoms with Gasteiger partial charge in [0, 0.05) is 6.54 Å². The van der Waals surface area contributed by atoms with Gasteiger partial charge in [-0.3, -0.25) is 9.48 Å². The van der Waals surface area contributed by atoms with Gasteiger partial charge in [-0.1, -0.05) is 49.4 Å². The van der Waals surface area contributed by atoms with E-state index >= 15 is 0 Å². The maximum absolute atomic E-state index is 13.3. The molecule has 1 aromatic heterocycles. The van der Waals surface area contributed by atoms with Crippen LogP contribution in [0.2, 0.25) is 0 Å². The molecule has 0 aliphatic rings. The van der Waals surface area contributed by atoms with Crippen LogP contribution in [-0.2, 0) is 19.5 Å². The summed E-state index contributed by atoms with van der Waals surface area (Å²) in [4.78, 5) is 12.6. The molecule has 0 aliphatic heterocycles. The standard InChI is InChI=1S/C21H22FN3O/c1-3-20-18(13-24-25(20)14-16-7-5-4-6-8-16)21(26)23-12-17-9-10-19(22)15(2)11-17/h4-11,13H,3,12,14H2,1-2H3,(H,23,26). The van der Waals surface area contributed by atoms with Gasteiger partial charge >= 0.3 is 0 Å². The normalized spacial score (nSPS) is 10.7. The predicted molar refractivity (Wildman–Crippen MR) is 99.5 cm³/mol. The van der Waals surface area contributed by atoms with Gasteiger partial charge in [0.05, 0.1) is 24.0 Å². The van der Waals surface area contributed by atoms with E-state index in [4.69, 9.17) is 0 Å². The molecular formula is C21H22FN3O. The van der Waals surface area contributed by atoms with Crippen LogP contribution >= 0.6 is 0 Å². The number of halogens is 1.